The van der Waals surface area contributed by atoms with Gasteiger partial charge in [0, 0.05) is 6.42 Å². The summed E-state index contributed by atoms with van der Waals surface area (Å²) in [6.45, 7) is 2.71. The number of ether oxygens (including phenoxy) is 4. The van der Waals surface area contributed by atoms with Crippen LogP contribution in [-0.2, 0) is 23.7 Å². The number of allylic oxidation sites excluding steroid dienone is 17. The SMILES string of the molecule is CC/C=C\C/C=C\C/C=C\C/C=C\C/C=C\C/C=C\CCCCCCCCCCCCCCCCCCCCCCC(=O)NC(COC1OC(CO)C(OC2OC(CO)C(O)C(O)C2O)C(O)C1O)C(O)/C=C/CC/C=C/CC/C=C/CCCCCCCCCCCCCCCCCCCCCC. The molecule has 2 heterocycles. The summed E-state index contributed by atoms with van der Waals surface area (Å²) in [6.07, 6.45) is 87.6. The highest BCUT2D eigenvalue weighted by Crippen LogP contribution is 2.30. The first-order chi connectivity index (χ1) is 50.6. The second-order valence-electron chi connectivity index (χ2n) is 29.6. The van der Waals surface area contributed by atoms with E-state index in [4.69, 9.17) is 18.9 Å². The molecule has 0 aromatic carbocycles. The molecule has 14 nitrogen and oxygen atoms in total. The fourth-order valence-electron chi connectivity index (χ4n) is 13.5. The van der Waals surface area contributed by atoms with Crippen LogP contribution in [0.25, 0.3) is 0 Å². The van der Waals surface area contributed by atoms with Crippen molar-refractivity contribution in [2.75, 3.05) is 19.8 Å². The van der Waals surface area contributed by atoms with Crippen molar-refractivity contribution in [3.05, 3.63) is 109 Å². The molecule has 0 spiro atoms. The van der Waals surface area contributed by atoms with Gasteiger partial charge in [0.05, 0.1) is 32.0 Å². The molecule has 9 N–H and O–H groups in total. The number of nitrogens with one attached hydrogen (secondary N) is 1. The van der Waals surface area contributed by atoms with E-state index in [0.717, 1.165) is 83.5 Å². The minimum atomic E-state index is -1.80. The third-order valence-electron chi connectivity index (χ3n) is 20.2. The van der Waals surface area contributed by atoms with Gasteiger partial charge < -0.3 is 65.1 Å². The van der Waals surface area contributed by atoms with E-state index in [1.54, 1.807) is 6.08 Å². The quantitative estimate of drug-likeness (QED) is 0.0204. The number of rotatable bonds is 71. The maximum atomic E-state index is 13.4. The first-order valence-corrected chi connectivity index (χ1v) is 42.6. The molecule has 14 heteroatoms. The number of hydrogen-bond acceptors (Lipinski definition) is 13. The highest BCUT2D eigenvalue weighted by atomic mass is 16.7. The molecule has 0 radical (unpaired) electrons. The van der Waals surface area contributed by atoms with Gasteiger partial charge in [-0.1, -0.05) is 361 Å². The molecule has 2 rings (SSSR count). The van der Waals surface area contributed by atoms with Crippen LogP contribution in [-0.4, -0.2) is 140 Å². The van der Waals surface area contributed by atoms with Crippen LogP contribution in [0, 0.1) is 0 Å². The Morgan fingerprint density at radius 3 is 1.07 bits per heavy atom. The average Bonchev–Trinajstić information content (AvgIpc) is 0.791. The molecule has 12 atom stereocenters. The van der Waals surface area contributed by atoms with Crippen molar-refractivity contribution in [3.63, 3.8) is 0 Å². The number of carbonyl (C=O) groups excluding carboxylic acids is 1. The summed E-state index contributed by atoms with van der Waals surface area (Å²) >= 11 is 0. The molecule has 0 aromatic heterocycles. The fourth-order valence-corrected chi connectivity index (χ4v) is 13.5. The van der Waals surface area contributed by atoms with Crippen molar-refractivity contribution in [2.45, 2.75) is 428 Å². The van der Waals surface area contributed by atoms with Gasteiger partial charge in [-0.25, -0.2) is 0 Å². The first kappa shape index (κ1) is 95.7. The monoisotopic (exact) mass is 1450 g/mol. The molecule has 596 valence electrons. The Balaban J connectivity index is 1.60. The zero-order valence-electron chi connectivity index (χ0n) is 65.5. The predicted molar refractivity (Wildman–Crippen MR) is 429 cm³/mol. The standard InChI is InChI=1S/C89H157NO13/c1-3-5-7-9-11-13-15-17-19-21-23-25-27-29-31-33-35-36-37-38-39-40-41-42-43-45-47-49-51-53-55-57-59-61-63-65-67-69-71-73-81(94)90-77(76-100-88-86(99)84(97)87(80(75-92)102-88)103-89-85(98)83(96)82(95)79(74-91)101-89)78(93)72-70-68-66-64-62-60-58-56-54-52-50-48-46-44-34-32-30-28-26-24-22-20-18-16-14-12-10-8-6-4-2/h5,7,11,13,17,19,23,25,29,31,35-36,54,56,62,64,70,72,77-80,82-89,91-93,95-99H,3-4,6,8-10,12,14-16,18,20-22,24,26-28,30,32-34,37-53,55,57-61,63,65-69,71,73-76H2,1-2H3,(H,90,94)/b7-5-,13-11-,19-17-,25-23-,31-29-,36-35-,56-54+,64-62+,72-70+. The summed E-state index contributed by atoms with van der Waals surface area (Å²) in [5, 5.41) is 87.7. The second kappa shape index (κ2) is 71.6. The van der Waals surface area contributed by atoms with Crippen molar-refractivity contribution in [1.82, 2.24) is 5.32 Å². The van der Waals surface area contributed by atoms with Crippen molar-refractivity contribution < 1.29 is 64.6 Å². The molecule has 1 amide bonds. The Bertz CT molecular complexity index is 2150. The topological polar surface area (TPSA) is 228 Å². The van der Waals surface area contributed by atoms with Gasteiger partial charge in [0.25, 0.3) is 0 Å². The predicted octanol–water partition coefficient (Wildman–Crippen LogP) is 20.2. The third-order valence-corrected chi connectivity index (χ3v) is 20.2. The Morgan fingerprint density at radius 2 is 0.680 bits per heavy atom. The molecule has 12 unspecified atom stereocenters. The summed E-state index contributed by atoms with van der Waals surface area (Å²) in [5.74, 6) is -0.250. The Hall–Kier alpha value is -3.35. The van der Waals surface area contributed by atoms with Gasteiger partial charge in [0.1, 0.15) is 48.8 Å². The van der Waals surface area contributed by atoms with Crippen LogP contribution in [0.4, 0.5) is 0 Å². The van der Waals surface area contributed by atoms with Crippen LogP contribution in [0.5, 0.6) is 0 Å². The van der Waals surface area contributed by atoms with Crippen molar-refractivity contribution in [3.8, 4) is 0 Å². The van der Waals surface area contributed by atoms with Crippen LogP contribution >= 0.6 is 0 Å². The minimum absolute atomic E-state index is 0.250. The Labute approximate surface area is 629 Å². The molecule has 2 aliphatic heterocycles. The van der Waals surface area contributed by atoms with E-state index in [9.17, 15) is 45.6 Å². The van der Waals surface area contributed by atoms with Gasteiger partial charge in [-0.15, -0.1) is 0 Å². The molecule has 2 aliphatic rings. The van der Waals surface area contributed by atoms with Crippen LogP contribution in [0.1, 0.15) is 354 Å². The summed E-state index contributed by atoms with van der Waals surface area (Å²) in [5.41, 5.74) is 0. The summed E-state index contributed by atoms with van der Waals surface area (Å²) in [6, 6.07) is -0.944. The van der Waals surface area contributed by atoms with Gasteiger partial charge in [-0.3, -0.25) is 4.79 Å². The lowest BCUT2D eigenvalue weighted by Gasteiger charge is -2.46. The maximum absolute atomic E-state index is 13.4. The fraction of sp³-hybridized carbons (Fsp3) is 0.787. The molecular weight excluding hydrogens is 1290 g/mol. The molecule has 0 aromatic rings. The average molecular weight is 1450 g/mol. The number of hydrogen-bond donors (Lipinski definition) is 9. The van der Waals surface area contributed by atoms with E-state index in [1.165, 1.54) is 238 Å². The van der Waals surface area contributed by atoms with Gasteiger partial charge in [-0.05, 0) is 96.3 Å². The van der Waals surface area contributed by atoms with E-state index in [1.807, 2.05) is 6.08 Å². The molecule has 103 heavy (non-hydrogen) atoms. The van der Waals surface area contributed by atoms with Gasteiger partial charge >= 0.3 is 0 Å². The molecule has 0 aliphatic carbocycles. The first-order valence-electron chi connectivity index (χ1n) is 42.6. The second-order valence-corrected chi connectivity index (χ2v) is 29.6. The highest BCUT2D eigenvalue weighted by Gasteiger charge is 2.51. The summed E-state index contributed by atoms with van der Waals surface area (Å²) in [7, 11) is 0. The Kier molecular flexibility index (Phi) is 66.5. The van der Waals surface area contributed by atoms with Gasteiger partial charge in [0.15, 0.2) is 12.6 Å². The van der Waals surface area contributed by atoms with Gasteiger partial charge in [-0.2, -0.15) is 0 Å². The smallest absolute Gasteiger partial charge is 0.220 e. The minimum Gasteiger partial charge on any atom is -0.394 e. The molecule has 0 saturated carbocycles. The molecule has 0 bridgehead atoms. The van der Waals surface area contributed by atoms with Crippen LogP contribution in [0.3, 0.4) is 0 Å². The third kappa shape index (κ3) is 54.0. The van der Waals surface area contributed by atoms with E-state index in [0.29, 0.717) is 12.8 Å². The van der Waals surface area contributed by atoms with E-state index in [-0.39, 0.29) is 18.9 Å². The van der Waals surface area contributed by atoms with Crippen LogP contribution < -0.4 is 5.32 Å². The van der Waals surface area contributed by atoms with Crippen molar-refractivity contribution in [1.29, 1.82) is 0 Å². The summed E-state index contributed by atoms with van der Waals surface area (Å²) < 4.78 is 22.9. The highest BCUT2D eigenvalue weighted by molar-refractivity contribution is 5.76. The lowest BCUT2D eigenvalue weighted by atomic mass is 9.97. The molecule has 2 saturated heterocycles. The largest absolute Gasteiger partial charge is 0.394 e. The Morgan fingerprint density at radius 1 is 0.359 bits per heavy atom. The lowest BCUT2D eigenvalue weighted by molar-refractivity contribution is -0.359. The van der Waals surface area contributed by atoms with Crippen LogP contribution in [0.15, 0.2) is 109 Å². The molecule has 2 fully saturated rings. The maximum Gasteiger partial charge on any atom is 0.220 e. The van der Waals surface area contributed by atoms with Crippen molar-refractivity contribution >= 4 is 5.91 Å². The number of amides is 1. The number of aliphatic hydroxyl groups is 8. The zero-order valence-corrected chi connectivity index (χ0v) is 65.5. The van der Waals surface area contributed by atoms with Crippen molar-refractivity contribution in [2.24, 2.45) is 0 Å². The summed E-state index contributed by atoms with van der Waals surface area (Å²) in [4.78, 5) is 13.4. The van der Waals surface area contributed by atoms with Gasteiger partial charge in [0.2, 0.25) is 5.91 Å². The zero-order chi connectivity index (χ0) is 74.4. The number of aliphatic hydroxyl groups excluding tert-OH is 8. The van der Waals surface area contributed by atoms with E-state index in [2.05, 4.69) is 116 Å². The normalized spacial score (nSPS) is 22.1. The number of unbranched alkanes of at least 4 members (excludes halogenated alkanes) is 42. The number of carbonyl (C=O) groups is 1. The molecular formula is C89H157NO13. The van der Waals surface area contributed by atoms with E-state index < -0.39 is 86.8 Å². The lowest BCUT2D eigenvalue weighted by Crippen LogP contribution is -2.65. The van der Waals surface area contributed by atoms with E-state index >= 15 is 0 Å². The van der Waals surface area contributed by atoms with Crippen LogP contribution in [0.2, 0.25) is 0 Å².